The van der Waals surface area contributed by atoms with Gasteiger partial charge in [0.1, 0.15) is 18.5 Å². The maximum atomic E-state index is 9.93. The van der Waals surface area contributed by atoms with Crippen molar-refractivity contribution in [2.45, 2.75) is 13.0 Å². The van der Waals surface area contributed by atoms with E-state index in [2.05, 4.69) is 10.4 Å². The first-order valence-electron chi connectivity index (χ1n) is 6.45. The third kappa shape index (κ3) is 4.52. The van der Waals surface area contributed by atoms with Crippen LogP contribution in [0.15, 0.2) is 24.4 Å². The minimum Gasteiger partial charge on any atom is -0.489 e. The standard InChI is InChI=1S/C14H17Cl2N3O2/c1-9-13(7-19(2)18-9)17-6-11(20)8-21-14-4-3-10(15)5-12(14)16/h3-5,7,11,17,20H,6,8H2,1-2H3. The van der Waals surface area contributed by atoms with Gasteiger partial charge in [0.25, 0.3) is 0 Å². The summed E-state index contributed by atoms with van der Waals surface area (Å²) in [5.41, 5.74) is 1.77. The molecule has 2 rings (SSSR count). The lowest BCUT2D eigenvalue weighted by Crippen LogP contribution is -2.26. The minimum absolute atomic E-state index is 0.133. The Kier molecular flexibility index (Phi) is 5.33. The van der Waals surface area contributed by atoms with Crippen LogP contribution in [0.5, 0.6) is 5.75 Å². The average Bonchev–Trinajstić information content (AvgIpc) is 2.73. The highest BCUT2D eigenvalue weighted by molar-refractivity contribution is 6.35. The van der Waals surface area contributed by atoms with Crippen molar-refractivity contribution < 1.29 is 9.84 Å². The summed E-state index contributed by atoms with van der Waals surface area (Å²) < 4.78 is 7.19. The fraction of sp³-hybridized carbons (Fsp3) is 0.357. The highest BCUT2D eigenvalue weighted by Crippen LogP contribution is 2.27. The van der Waals surface area contributed by atoms with Gasteiger partial charge in [0.2, 0.25) is 0 Å². The summed E-state index contributed by atoms with van der Waals surface area (Å²) >= 11 is 11.8. The molecule has 1 aromatic heterocycles. The molecule has 0 aliphatic rings. The van der Waals surface area contributed by atoms with E-state index in [0.29, 0.717) is 22.3 Å². The molecule has 0 aliphatic heterocycles. The van der Waals surface area contributed by atoms with Gasteiger partial charge in [0.15, 0.2) is 0 Å². The number of hydrogen-bond acceptors (Lipinski definition) is 4. The molecule has 21 heavy (non-hydrogen) atoms. The normalized spacial score (nSPS) is 12.2. The van der Waals surface area contributed by atoms with Crippen LogP contribution < -0.4 is 10.1 Å². The average molecular weight is 330 g/mol. The van der Waals surface area contributed by atoms with E-state index in [1.54, 1.807) is 22.9 Å². The van der Waals surface area contributed by atoms with Crippen LogP contribution in [-0.4, -0.2) is 34.1 Å². The number of aryl methyl sites for hydroxylation is 2. The molecule has 0 amide bonds. The van der Waals surface area contributed by atoms with Crippen molar-refractivity contribution in [3.05, 3.63) is 40.1 Å². The van der Waals surface area contributed by atoms with Crippen molar-refractivity contribution in [3.63, 3.8) is 0 Å². The van der Waals surface area contributed by atoms with Gasteiger partial charge in [0.05, 0.1) is 16.4 Å². The number of rotatable bonds is 6. The Balaban J connectivity index is 1.82. The van der Waals surface area contributed by atoms with Gasteiger partial charge in [-0.3, -0.25) is 4.68 Å². The predicted molar refractivity (Wildman–Crippen MR) is 84.4 cm³/mol. The number of ether oxygens (including phenoxy) is 1. The van der Waals surface area contributed by atoms with Crippen molar-refractivity contribution in [2.24, 2.45) is 7.05 Å². The summed E-state index contributed by atoms with van der Waals surface area (Å²) in [6.07, 6.45) is 1.19. The molecule has 2 aromatic rings. The number of nitrogens with one attached hydrogen (secondary N) is 1. The molecule has 2 N–H and O–H groups in total. The molecular formula is C14H17Cl2N3O2. The van der Waals surface area contributed by atoms with Gasteiger partial charge in [-0.25, -0.2) is 0 Å². The number of nitrogens with zero attached hydrogens (tertiary/aromatic N) is 2. The highest BCUT2D eigenvalue weighted by atomic mass is 35.5. The third-order valence-corrected chi connectivity index (χ3v) is 3.40. The Morgan fingerprint density at radius 3 is 2.81 bits per heavy atom. The van der Waals surface area contributed by atoms with Crippen LogP contribution in [0.4, 0.5) is 5.69 Å². The molecule has 0 fully saturated rings. The highest BCUT2D eigenvalue weighted by Gasteiger charge is 2.09. The third-order valence-electron chi connectivity index (χ3n) is 2.87. The van der Waals surface area contributed by atoms with Crippen molar-refractivity contribution >= 4 is 28.9 Å². The maximum Gasteiger partial charge on any atom is 0.138 e. The van der Waals surface area contributed by atoms with Crippen molar-refractivity contribution in [1.29, 1.82) is 0 Å². The van der Waals surface area contributed by atoms with Crippen LogP contribution in [-0.2, 0) is 7.05 Å². The SMILES string of the molecule is Cc1nn(C)cc1NCC(O)COc1ccc(Cl)cc1Cl. The molecule has 114 valence electrons. The Labute approximate surface area is 133 Å². The lowest BCUT2D eigenvalue weighted by Gasteiger charge is -2.14. The zero-order valence-corrected chi connectivity index (χ0v) is 13.3. The Morgan fingerprint density at radius 1 is 1.43 bits per heavy atom. The largest absolute Gasteiger partial charge is 0.489 e. The molecule has 0 bridgehead atoms. The van der Waals surface area contributed by atoms with Gasteiger partial charge in [-0.15, -0.1) is 0 Å². The first kappa shape index (κ1) is 15.9. The lowest BCUT2D eigenvalue weighted by atomic mass is 10.3. The molecule has 0 saturated heterocycles. The minimum atomic E-state index is -0.670. The number of aromatic nitrogens is 2. The van der Waals surface area contributed by atoms with Crippen LogP contribution in [0.1, 0.15) is 5.69 Å². The van der Waals surface area contributed by atoms with Crippen molar-refractivity contribution in [2.75, 3.05) is 18.5 Å². The summed E-state index contributed by atoms with van der Waals surface area (Å²) in [6, 6.07) is 4.96. The molecule has 7 heteroatoms. The number of aliphatic hydroxyl groups is 1. The zero-order valence-electron chi connectivity index (χ0n) is 11.8. The quantitative estimate of drug-likeness (QED) is 0.855. The monoisotopic (exact) mass is 329 g/mol. The van der Waals surface area contributed by atoms with E-state index in [0.717, 1.165) is 11.4 Å². The second-order valence-electron chi connectivity index (χ2n) is 4.72. The zero-order chi connectivity index (χ0) is 15.4. The summed E-state index contributed by atoms with van der Waals surface area (Å²) in [5.74, 6) is 0.498. The number of hydrogen-bond donors (Lipinski definition) is 2. The molecule has 0 radical (unpaired) electrons. The first-order valence-corrected chi connectivity index (χ1v) is 7.21. The first-order chi connectivity index (χ1) is 9.95. The smallest absolute Gasteiger partial charge is 0.138 e. The topological polar surface area (TPSA) is 59.3 Å². The fourth-order valence-corrected chi connectivity index (χ4v) is 2.30. The summed E-state index contributed by atoms with van der Waals surface area (Å²) in [7, 11) is 1.85. The second kappa shape index (κ2) is 7.02. The van der Waals surface area contributed by atoms with Crippen LogP contribution in [0.2, 0.25) is 10.0 Å². The van der Waals surface area contributed by atoms with E-state index >= 15 is 0 Å². The molecule has 0 saturated carbocycles. The Morgan fingerprint density at radius 2 is 2.19 bits per heavy atom. The van der Waals surface area contributed by atoms with E-state index in [9.17, 15) is 5.11 Å². The molecule has 1 atom stereocenters. The predicted octanol–water partition coefficient (Wildman–Crippen LogP) is 2.89. The van der Waals surface area contributed by atoms with Gasteiger partial charge < -0.3 is 15.2 Å². The molecule has 0 aliphatic carbocycles. The van der Waals surface area contributed by atoms with Crippen LogP contribution in [0.3, 0.4) is 0 Å². The number of benzene rings is 1. The van der Waals surface area contributed by atoms with Gasteiger partial charge in [0, 0.05) is 24.8 Å². The van der Waals surface area contributed by atoms with E-state index in [4.69, 9.17) is 27.9 Å². The molecule has 5 nitrogen and oxygen atoms in total. The maximum absolute atomic E-state index is 9.93. The van der Waals surface area contributed by atoms with Crippen LogP contribution >= 0.6 is 23.2 Å². The number of halogens is 2. The van der Waals surface area contributed by atoms with Gasteiger partial charge in [-0.05, 0) is 25.1 Å². The number of aliphatic hydroxyl groups excluding tert-OH is 1. The lowest BCUT2D eigenvalue weighted by molar-refractivity contribution is 0.117. The van der Waals surface area contributed by atoms with Crippen LogP contribution in [0, 0.1) is 6.92 Å². The van der Waals surface area contributed by atoms with E-state index < -0.39 is 6.10 Å². The summed E-state index contributed by atoms with van der Waals surface area (Å²) in [4.78, 5) is 0. The summed E-state index contributed by atoms with van der Waals surface area (Å²) in [6.45, 7) is 2.39. The number of anilines is 1. The van der Waals surface area contributed by atoms with Crippen molar-refractivity contribution in [1.82, 2.24) is 9.78 Å². The van der Waals surface area contributed by atoms with E-state index in [-0.39, 0.29) is 6.61 Å². The molecule has 1 unspecified atom stereocenters. The second-order valence-corrected chi connectivity index (χ2v) is 5.57. The molecule has 0 spiro atoms. The van der Waals surface area contributed by atoms with Gasteiger partial charge in [-0.1, -0.05) is 23.2 Å². The Bertz CT molecular complexity index is 616. The van der Waals surface area contributed by atoms with Gasteiger partial charge >= 0.3 is 0 Å². The van der Waals surface area contributed by atoms with Crippen molar-refractivity contribution in [3.8, 4) is 5.75 Å². The summed E-state index contributed by atoms with van der Waals surface area (Å²) in [5, 5.41) is 18.2. The van der Waals surface area contributed by atoms with Crippen LogP contribution in [0.25, 0.3) is 0 Å². The molecule has 1 heterocycles. The molecule has 1 aromatic carbocycles. The molecular weight excluding hydrogens is 313 g/mol. The van der Waals surface area contributed by atoms with Gasteiger partial charge in [-0.2, -0.15) is 5.10 Å². The Hall–Kier alpha value is -1.43. The van der Waals surface area contributed by atoms with E-state index in [1.165, 1.54) is 0 Å². The fourth-order valence-electron chi connectivity index (χ4n) is 1.84. The van der Waals surface area contributed by atoms with E-state index in [1.807, 2.05) is 20.2 Å².